The monoisotopic (exact) mass is 375 g/mol. The zero-order valence-electron chi connectivity index (χ0n) is 15.8. The molecule has 1 amide bonds. The summed E-state index contributed by atoms with van der Waals surface area (Å²) < 4.78 is 5.31. The van der Waals surface area contributed by atoms with Crippen molar-refractivity contribution in [2.75, 3.05) is 13.7 Å². The highest BCUT2D eigenvalue weighted by Gasteiger charge is 2.14. The van der Waals surface area contributed by atoms with Crippen LogP contribution in [0.4, 0.5) is 0 Å². The van der Waals surface area contributed by atoms with E-state index in [4.69, 9.17) is 4.74 Å². The molecule has 2 aromatic heterocycles. The molecule has 0 saturated carbocycles. The lowest BCUT2D eigenvalue weighted by Crippen LogP contribution is -2.27. The lowest BCUT2D eigenvalue weighted by molar-refractivity contribution is 0.0953. The number of aromatic nitrogens is 4. The Bertz CT molecular complexity index is 1120. The lowest BCUT2D eigenvalue weighted by Gasteiger charge is -2.10. The third kappa shape index (κ3) is 3.46. The van der Waals surface area contributed by atoms with E-state index in [1.165, 1.54) is 4.80 Å². The number of nitrogens with one attached hydrogen (secondary N) is 2. The molecule has 2 N–H and O–H groups in total. The first-order valence-electron chi connectivity index (χ1n) is 9.05. The van der Waals surface area contributed by atoms with E-state index in [9.17, 15) is 4.79 Å². The predicted molar refractivity (Wildman–Crippen MR) is 107 cm³/mol. The number of H-pyrrole nitrogens is 1. The topological polar surface area (TPSA) is 84.8 Å². The number of ether oxygens (including phenoxy) is 1. The second kappa shape index (κ2) is 7.56. The van der Waals surface area contributed by atoms with Gasteiger partial charge < -0.3 is 15.0 Å². The molecular weight excluding hydrogens is 354 g/mol. The lowest BCUT2D eigenvalue weighted by atomic mass is 10.1. The first-order valence-corrected chi connectivity index (χ1v) is 9.05. The second-order valence-corrected chi connectivity index (χ2v) is 6.57. The van der Waals surface area contributed by atoms with E-state index in [2.05, 4.69) is 20.5 Å². The van der Waals surface area contributed by atoms with E-state index < -0.39 is 0 Å². The maximum atomic E-state index is 12.8. The number of aromatic amines is 1. The molecule has 0 unspecified atom stereocenters. The molecule has 28 heavy (non-hydrogen) atoms. The molecule has 0 atom stereocenters. The van der Waals surface area contributed by atoms with Gasteiger partial charge in [-0.15, -0.1) is 0 Å². The van der Waals surface area contributed by atoms with Crippen LogP contribution < -0.4 is 10.1 Å². The number of benzene rings is 2. The van der Waals surface area contributed by atoms with Crippen molar-refractivity contribution < 1.29 is 9.53 Å². The van der Waals surface area contributed by atoms with Crippen LogP contribution in [0.3, 0.4) is 0 Å². The van der Waals surface area contributed by atoms with Gasteiger partial charge in [-0.3, -0.25) is 4.79 Å². The minimum atomic E-state index is -0.145. The normalized spacial score (nSPS) is 10.9. The van der Waals surface area contributed by atoms with Crippen molar-refractivity contribution >= 4 is 16.8 Å². The van der Waals surface area contributed by atoms with Gasteiger partial charge in [0.05, 0.1) is 30.8 Å². The second-order valence-electron chi connectivity index (χ2n) is 6.57. The third-order valence-electron chi connectivity index (χ3n) is 4.69. The maximum absolute atomic E-state index is 12.8. The van der Waals surface area contributed by atoms with Crippen LogP contribution in [0.1, 0.15) is 21.5 Å². The number of aryl methyl sites for hydroxylation is 1. The minimum absolute atomic E-state index is 0.145. The quantitative estimate of drug-likeness (QED) is 0.542. The molecule has 7 nitrogen and oxygen atoms in total. The van der Waals surface area contributed by atoms with Gasteiger partial charge in [0.1, 0.15) is 5.75 Å². The van der Waals surface area contributed by atoms with Crippen LogP contribution in [0, 0.1) is 6.92 Å². The van der Waals surface area contributed by atoms with Crippen molar-refractivity contribution in [3.8, 4) is 11.4 Å². The number of carbonyl (C=O) groups excluding carboxylic acids is 1. The highest BCUT2D eigenvalue weighted by Crippen LogP contribution is 2.24. The predicted octanol–water partition coefficient (Wildman–Crippen LogP) is 3.04. The molecule has 0 saturated heterocycles. The Morgan fingerprint density at radius 1 is 1.18 bits per heavy atom. The highest BCUT2D eigenvalue weighted by atomic mass is 16.5. The molecule has 0 radical (unpaired) electrons. The van der Waals surface area contributed by atoms with Gasteiger partial charge in [0.15, 0.2) is 0 Å². The van der Waals surface area contributed by atoms with Crippen LogP contribution in [-0.4, -0.2) is 39.5 Å². The number of hydrogen-bond donors (Lipinski definition) is 2. The summed E-state index contributed by atoms with van der Waals surface area (Å²) in [6.45, 7) is 2.47. The van der Waals surface area contributed by atoms with Crippen molar-refractivity contribution in [1.29, 1.82) is 0 Å². The molecule has 0 aliphatic rings. The average Bonchev–Trinajstić information content (AvgIpc) is 3.37. The van der Waals surface area contributed by atoms with Gasteiger partial charge in [0, 0.05) is 23.6 Å². The number of nitrogens with zero attached hydrogens (tertiary/aromatic N) is 3. The van der Waals surface area contributed by atoms with Gasteiger partial charge in [-0.05, 0) is 49.2 Å². The number of hydrogen-bond acceptors (Lipinski definition) is 4. The molecule has 4 aromatic rings. The minimum Gasteiger partial charge on any atom is -0.497 e. The number of rotatable bonds is 6. The molecule has 0 spiro atoms. The Morgan fingerprint density at radius 2 is 2.00 bits per heavy atom. The van der Waals surface area contributed by atoms with Crippen LogP contribution in [-0.2, 0) is 6.42 Å². The number of carbonyl (C=O) groups is 1. The SMILES string of the molecule is COc1ccc2[nH]cc(CCNC(=O)c3cc(C)ccc3-n3nccn3)c2c1. The Kier molecular flexibility index (Phi) is 4.80. The van der Waals surface area contributed by atoms with Crippen molar-refractivity contribution in [3.63, 3.8) is 0 Å². The van der Waals surface area contributed by atoms with E-state index in [1.807, 2.05) is 49.5 Å². The van der Waals surface area contributed by atoms with E-state index in [1.54, 1.807) is 19.5 Å². The molecule has 0 aliphatic heterocycles. The van der Waals surface area contributed by atoms with Crippen LogP contribution >= 0.6 is 0 Å². The van der Waals surface area contributed by atoms with E-state index in [0.717, 1.165) is 27.8 Å². The summed E-state index contributed by atoms with van der Waals surface area (Å²) in [7, 11) is 1.65. The first kappa shape index (κ1) is 17.8. The Balaban J connectivity index is 1.49. The summed E-state index contributed by atoms with van der Waals surface area (Å²) in [4.78, 5) is 17.5. The van der Waals surface area contributed by atoms with Crippen LogP contribution in [0.15, 0.2) is 55.0 Å². The summed E-state index contributed by atoms with van der Waals surface area (Å²) in [5.41, 5.74) is 4.40. The fourth-order valence-corrected chi connectivity index (χ4v) is 3.24. The smallest absolute Gasteiger partial charge is 0.253 e. The zero-order chi connectivity index (χ0) is 19.5. The van der Waals surface area contributed by atoms with E-state index >= 15 is 0 Å². The molecule has 2 heterocycles. The molecule has 0 fully saturated rings. The summed E-state index contributed by atoms with van der Waals surface area (Å²) in [5.74, 6) is 0.668. The summed E-state index contributed by atoms with van der Waals surface area (Å²) >= 11 is 0. The Labute approximate surface area is 162 Å². The van der Waals surface area contributed by atoms with E-state index in [0.29, 0.717) is 24.2 Å². The highest BCUT2D eigenvalue weighted by molar-refractivity contribution is 5.98. The van der Waals surface area contributed by atoms with Crippen molar-refractivity contribution in [1.82, 2.24) is 25.3 Å². The number of amides is 1. The van der Waals surface area contributed by atoms with Gasteiger partial charge in [-0.25, -0.2) is 0 Å². The standard InChI is InChI=1S/C21H21N5O2/c1-14-3-6-20(26-24-9-10-25-26)18(11-14)21(27)22-8-7-15-13-23-19-5-4-16(28-2)12-17(15)19/h3-6,9-13,23H,7-8H2,1-2H3,(H,22,27). The van der Waals surface area contributed by atoms with Crippen molar-refractivity contribution in [2.45, 2.75) is 13.3 Å². The van der Waals surface area contributed by atoms with Crippen molar-refractivity contribution in [3.05, 3.63) is 71.7 Å². The van der Waals surface area contributed by atoms with Crippen LogP contribution in [0.25, 0.3) is 16.6 Å². The van der Waals surface area contributed by atoms with Crippen LogP contribution in [0.2, 0.25) is 0 Å². The number of methoxy groups -OCH3 is 1. The fraction of sp³-hybridized carbons (Fsp3) is 0.190. The molecule has 142 valence electrons. The molecular formula is C21H21N5O2. The number of fused-ring (bicyclic) bond motifs is 1. The molecule has 0 bridgehead atoms. The maximum Gasteiger partial charge on any atom is 0.253 e. The van der Waals surface area contributed by atoms with E-state index in [-0.39, 0.29) is 5.91 Å². The third-order valence-corrected chi connectivity index (χ3v) is 4.69. The Hall–Kier alpha value is -3.61. The molecule has 7 heteroatoms. The summed E-state index contributed by atoms with van der Waals surface area (Å²) in [6.07, 6.45) is 5.86. The van der Waals surface area contributed by atoms with Crippen molar-refractivity contribution in [2.24, 2.45) is 0 Å². The van der Waals surface area contributed by atoms with Crippen LogP contribution in [0.5, 0.6) is 5.75 Å². The molecule has 0 aliphatic carbocycles. The van der Waals surface area contributed by atoms with Gasteiger partial charge in [-0.1, -0.05) is 11.6 Å². The van der Waals surface area contributed by atoms with Gasteiger partial charge >= 0.3 is 0 Å². The zero-order valence-corrected chi connectivity index (χ0v) is 15.8. The van der Waals surface area contributed by atoms with Gasteiger partial charge in [-0.2, -0.15) is 15.0 Å². The fourth-order valence-electron chi connectivity index (χ4n) is 3.24. The Morgan fingerprint density at radius 3 is 2.79 bits per heavy atom. The largest absolute Gasteiger partial charge is 0.497 e. The summed E-state index contributed by atoms with van der Waals surface area (Å²) in [6, 6.07) is 11.6. The first-order chi connectivity index (χ1) is 13.7. The molecule has 2 aromatic carbocycles. The average molecular weight is 375 g/mol. The molecule has 4 rings (SSSR count). The summed E-state index contributed by atoms with van der Waals surface area (Å²) in [5, 5.41) is 12.4. The van der Waals surface area contributed by atoms with Gasteiger partial charge in [0.25, 0.3) is 5.91 Å². The van der Waals surface area contributed by atoms with Gasteiger partial charge in [0.2, 0.25) is 0 Å².